The van der Waals surface area contributed by atoms with Crippen molar-refractivity contribution in [3.05, 3.63) is 59.8 Å². The van der Waals surface area contributed by atoms with Crippen LogP contribution in [0.25, 0.3) is 0 Å². The zero-order valence-corrected chi connectivity index (χ0v) is 10.5. The number of benzene rings is 1. The Morgan fingerprint density at radius 1 is 1.17 bits per heavy atom. The molecule has 3 heteroatoms. The van der Waals surface area contributed by atoms with E-state index in [-0.39, 0.29) is 5.82 Å². The van der Waals surface area contributed by atoms with E-state index in [0.717, 1.165) is 30.7 Å². The Bertz CT molecular complexity index is 450. The number of furan rings is 1. The summed E-state index contributed by atoms with van der Waals surface area (Å²) >= 11 is 0. The van der Waals surface area contributed by atoms with E-state index < -0.39 is 0 Å². The first-order chi connectivity index (χ1) is 8.78. The molecule has 1 N–H and O–H groups in total. The molecule has 1 aromatic heterocycles. The molecule has 0 aliphatic carbocycles. The van der Waals surface area contributed by atoms with Crippen LogP contribution in [0, 0.1) is 11.7 Å². The van der Waals surface area contributed by atoms with Gasteiger partial charge in [-0.15, -0.1) is 0 Å². The molecule has 0 spiro atoms. The van der Waals surface area contributed by atoms with Gasteiger partial charge in [0.1, 0.15) is 11.6 Å². The Labute approximate surface area is 107 Å². The summed E-state index contributed by atoms with van der Waals surface area (Å²) in [5, 5.41) is 3.20. The van der Waals surface area contributed by atoms with Crippen LogP contribution in [0.2, 0.25) is 0 Å². The summed E-state index contributed by atoms with van der Waals surface area (Å²) in [5.74, 6) is 1.26. The predicted octanol–water partition coefficient (Wildman–Crippen LogP) is 3.04. The van der Waals surface area contributed by atoms with Crippen LogP contribution in [-0.2, 0) is 12.8 Å². The van der Waals surface area contributed by atoms with E-state index in [1.165, 1.54) is 12.1 Å². The summed E-state index contributed by atoms with van der Waals surface area (Å²) < 4.78 is 18.2. The molecule has 0 bridgehead atoms. The molecule has 1 atom stereocenters. The molecule has 0 aliphatic rings. The van der Waals surface area contributed by atoms with Crippen molar-refractivity contribution in [3.63, 3.8) is 0 Å². The van der Waals surface area contributed by atoms with Crippen molar-refractivity contribution in [1.29, 1.82) is 0 Å². The summed E-state index contributed by atoms with van der Waals surface area (Å²) in [6.45, 7) is 0.915. The Balaban J connectivity index is 1.99. The van der Waals surface area contributed by atoms with E-state index in [4.69, 9.17) is 4.42 Å². The zero-order chi connectivity index (χ0) is 12.8. The van der Waals surface area contributed by atoms with Gasteiger partial charge in [0.25, 0.3) is 0 Å². The summed E-state index contributed by atoms with van der Waals surface area (Å²) in [6.07, 6.45) is 3.51. The first kappa shape index (κ1) is 12.8. The van der Waals surface area contributed by atoms with Gasteiger partial charge in [0.05, 0.1) is 6.26 Å². The molecule has 0 amide bonds. The standard InChI is InChI=1S/C15H18FNO/c1-17-11-13(10-15-3-2-8-18-15)9-12-4-6-14(16)7-5-12/h2-8,13,17H,9-11H2,1H3. The maximum atomic E-state index is 12.8. The maximum absolute atomic E-state index is 12.8. The highest BCUT2D eigenvalue weighted by Gasteiger charge is 2.11. The first-order valence-corrected chi connectivity index (χ1v) is 6.19. The normalized spacial score (nSPS) is 12.6. The molecule has 0 saturated heterocycles. The smallest absolute Gasteiger partial charge is 0.123 e. The third-order valence-electron chi connectivity index (χ3n) is 3.00. The van der Waals surface area contributed by atoms with Gasteiger partial charge < -0.3 is 9.73 Å². The maximum Gasteiger partial charge on any atom is 0.123 e. The van der Waals surface area contributed by atoms with Crippen LogP contribution < -0.4 is 5.32 Å². The first-order valence-electron chi connectivity index (χ1n) is 6.19. The fourth-order valence-electron chi connectivity index (χ4n) is 2.17. The summed E-state index contributed by atoms with van der Waals surface area (Å²) in [7, 11) is 1.94. The van der Waals surface area contributed by atoms with Gasteiger partial charge in [0.2, 0.25) is 0 Å². The second-order valence-corrected chi connectivity index (χ2v) is 4.54. The average Bonchev–Trinajstić information content (AvgIpc) is 2.85. The van der Waals surface area contributed by atoms with Crippen LogP contribution in [0.15, 0.2) is 47.1 Å². The van der Waals surface area contributed by atoms with Crippen molar-refractivity contribution in [2.24, 2.45) is 5.92 Å². The van der Waals surface area contributed by atoms with Crippen molar-refractivity contribution in [2.75, 3.05) is 13.6 Å². The molecule has 18 heavy (non-hydrogen) atoms. The van der Waals surface area contributed by atoms with Crippen molar-refractivity contribution < 1.29 is 8.81 Å². The van der Waals surface area contributed by atoms with Gasteiger partial charge in [-0.1, -0.05) is 12.1 Å². The third kappa shape index (κ3) is 3.70. The topological polar surface area (TPSA) is 25.2 Å². The van der Waals surface area contributed by atoms with Gasteiger partial charge in [0, 0.05) is 6.42 Å². The third-order valence-corrected chi connectivity index (χ3v) is 3.00. The summed E-state index contributed by atoms with van der Waals surface area (Å²) in [5.41, 5.74) is 1.16. The molecule has 1 unspecified atom stereocenters. The molecule has 0 aliphatic heterocycles. The molecule has 0 radical (unpaired) electrons. The van der Waals surface area contributed by atoms with Crippen LogP contribution in [-0.4, -0.2) is 13.6 Å². The minimum atomic E-state index is -0.185. The second-order valence-electron chi connectivity index (χ2n) is 4.54. The highest BCUT2D eigenvalue weighted by Crippen LogP contribution is 2.15. The molecule has 1 aromatic carbocycles. The molecule has 2 nitrogen and oxygen atoms in total. The lowest BCUT2D eigenvalue weighted by molar-refractivity contribution is 0.424. The number of halogens is 1. The quantitative estimate of drug-likeness (QED) is 0.848. The minimum absolute atomic E-state index is 0.185. The van der Waals surface area contributed by atoms with Gasteiger partial charge in [-0.05, 0) is 55.8 Å². The van der Waals surface area contributed by atoms with Gasteiger partial charge in [-0.3, -0.25) is 0 Å². The number of hydrogen-bond acceptors (Lipinski definition) is 2. The van der Waals surface area contributed by atoms with Crippen molar-refractivity contribution >= 4 is 0 Å². The molecule has 2 aromatic rings. The molecule has 0 fully saturated rings. The number of hydrogen-bond donors (Lipinski definition) is 1. The van der Waals surface area contributed by atoms with Crippen LogP contribution in [0.1, 0.15) is 11.3 Å². The van der Waals surface area contributed by atoms with Crippen LogP contribution >= 0.6 is 0 Å². The fourth-order valence-corrected chi connectivity index (χ4v) is 2.17. The van der Waals surface area contributed by atoms with E-state index in [1.54, 1.807) is 6.26 Å². The van der Waals surface area contributed by atoms with E-state index in [0.29, 0.717) is 5.92 Å². The fraction of sp³-hybridized carbons (Fsp3) is 0.333. The van der Waals surface area contributed by atoms with E-state index in [1.807, 2.05) is 31.3 Å². The Morgan fingerprint density at radius 2 is 1.94 bits per heavy atom. The van der Waals surface area contributed by atoms with Gasteiger partial charge >= 0.3 is 0 Å². The zero-order valence-electron chi connectivity index (χ0n) is 10.5. The van der Waals surface area contributed by atoms with Crippen molar-refractivity contribution in [3.8, 4) is 0 Å². The number of nitrogens with one attached hydrogen (secondary N) is 1. The van der Waals surface area contributed by atoms with Crippen LogP contribution in [0.3, 0.4) is 0 Å². The molecule has 96 valence electrons. The van der Waals surface area contributed by atoms with Gasteiger partial charge in [0.15, 0.2) is 0 Å². The molecule has 0 saturated carbocycles. The van der Waals surface area contributed by atoms with E-state index in [2.05, 4.69) is 5.32 Å². The average molecular weight is 247 g/mol. The molecule has 2 rings (SSSR count). The predicted molar refractivity (Wildman–Crippen MR) is 69.9 cm³/mol. The molecule has 1 heterocycles. The SMILES string of the molecule is CNCC(Cc1ccc(F)cc1)Cc1ccco1. The molecular formula is C15H18FNO. The second kappa shape index (κ2) is 6.36. The van der Waals surface area contributed by atoms with Crippen molar-refractivity contribution in [2.45, 2.75) is 12.8 Å². The van der Waals surface area contributed by atoms with Crippen LogP contribution in [0.4, 0.5) is 4.39 Å². The Kier molecular flexibility index (Phi) is 4.53. The lowest BCUT2D eigenvalue weighted by atomic mass is 9.95. The Morgan fingerprint density at radius 3 is 2.56 bits per heavy atom. The summed E-state index contributed by atoms with van der Waals surface area (Å²) in [4.78, 5) is 0. The lowest BCUT2D eigenvalue weighted by Gasteiger charge is -2.15. The minimum Gasteiger partial charge on any atom is -0.469 e. The largest absolute Gasteiger partial charge is 0.469 e. The van der Waals surface area contributed by atoms with Crippen molar-refractivity contribution in [1.82, 2.24) is 5.32 Å². The van der Waals surface area contributed by atoms with E-state index >= 15 is 0 Å². The van der Waals surface area contributed by atoms with E-state index in [9.17, 15) is 4.39 Å². The highest BCUT2D eigenvalue weighted by atomic mass is 19.1. The van der Waals surface area contributed by atoms with Gasteiger partial charge in [-0.2, -0.15) is 0 Å². The monoisotopic (exact) mass is 247 g/mol. The summed E-state index contributed by atoms with van der Waals surface area (Å²) in [6, 6.07) is 10.6. The molecular weight excluding hydrogens is 229 g/mol. The van der Waals surface area contributed by atoms with Gasteiger partial charge in [-0.25, -0.2) is 4.39 Å². The highest BCUT2D eigenvalue weighted by molar-refractivity contribution is 5.17. The van der Waals surface area contributed by atoms with Crippen LogP contribution in [0.5, 0.6) is 0 Å². The lowest BCUT2D eigenvalue weighted by Crippen LogP contribution is -2.22. The Hall–Kier alpha value is -1.61. The number of rotatable bonds is 6.